The number of nitrogen functional groups attached to an aromatic ring is 1. The Kier molecular flexibility index (Phi) is 3.33. The molecule has 0 fully saturated rings. The van der Waals surface area contributed by atoms with E-state index in [1.165, 1.54) is 18.3 Å². The van der Waals surface area contributed by atoms with Crippen LogP contribution in [0.3, 0.4) is 0 Å². The summed E-state index contributed by atoms with van der Waals surface area (Å²) >= 11 is 0. The van der Waals surface area contributed by atoms with Gasteiger partial charge in [-0.05, 0) is 24.6 Å². The van der Waals surface area contributed by atoms with E-state index in [-0.39, 0.29) is 22.8 Å². The molecule has 6 heteroatoms. The zero-order valence-electron chi connectivity index (χ0n) is 10.1. The number of carboxylic acid groups (broad SMARTS) is 1. The topological polar surface area (TPSA) is 88.2 Å². The Labute approximate surface area is 108 Å². The lowest BCUT2D eigenvalue weighted by molar-refractivity contribution is 0.0697. The van der Waals surface area contributed by atoms with Crippen LogP contribution >= 0.6 is 0 Å². The number of hydrogen-bond donors (Lipinski definition) is 3. The van der Waals surface area contributed by atoms with Gasteiger partial charge in [-0.25, -0.2) is 14.2 Å². The molecule has 0 radical (unpaired) electrons. The smallest absolute Gasteiger partial charge is 0.339 e. The molecule has 0 aliphatic carbocycles. The second-order valence-electron chi connectivity index (χ2n) is 4.03. The quantitative estimate of drug-likeness (QED) is 0.790. The van der Waals surface area contributed by atoms with Crippen molar-refractivity contribution in [1.29, 1.82) is 0 Å². The second-order valence-corrected chi connectivity index (χ2v) is 4.03. The highest BCUT2D eigenvalue weighted by molar-refractivity contribution is 5.95. The first kappa shape index (κ1) is 12.8. The van der Waals surface area contributed by atoms with Crippen LogP contribution in [0, 0.1) is 12.7 Å². The van der Waals surface area contributed by atoms with Crippen molar-refractivity contribution in [1.82, 2.24) is 4.98 Å². The number of para-hydroxylation sites is 1. The number of nitrogens with zero attached hydrogens (tertiary/aromatic N) is 1. The summed E-state index contributed by atoms with van der Waals surface area (Å²) in [5.41, 5.74) is 6.46. The van der Waals surface area contributed by atoms with Crippen molar-refractivity contribution in [3.8, 4) is 0 Å². The molecule has 19 heavy (non-hydrogen) atoms. The maximum Gasteiger partial charge on any atom is 0.339 e. The molecule has 0 atom stereocenters. The van der Waals surface area contributed by atoms with E-state index < -0.39 is 11.8 Å². The van der Waals surface area contributed by atoms with Gasteiger partial charge in [0.1, 0.15) is 17.2 Å². The van der Waals surface area contributed by atoms with Gasteiger partial charge < -0.3 is 16.2 Å². The lowest BCUT2D eigenvalue weighted by atomic mass is 10.1. The van der Waals surface area contributed by atoms with Gasteiger partial charge in [0.2, 0.25) is 0 Å². The molecule has 5 nitrogen and oxygen atoms in total. The molecule has 0 saturated heterocycles. The maximum atomic E-state index is 13.7. The fourth-order valence-corrected chi connectivity index (χ4v) is 1.65. The Morgan fingerprint density at radius 2 is 2.21 bits per heavy atom. The third-order valence-corrected chi connectivity index (χ3v) is 2.60. The third kappa shape index (κ3) is 2.62. The minimum absolute atomic E-state index is 0.0508. The Hall–Kier alpha value is -2.63. The molecule has 0 spiro atoms. The number of anilines is 3. The van der Waals surface area contributed by atoms with Crippen LogP contribution < -0.4 is 11.1 Å². The molecule has 0 bridgehead atoms. The van der Waals surface area contributed by atoms with Crippen molar-refractivity contribution < 1.29 is 14.3 Å². The van der Waals surface area contributed by atoms with Gasteiger partial charge in [0, 0.05) is 0 Å². The molecule has 98 valence electrons. The predicted octanol–water partition coefficient (Wildman–Crippen LogP) is 2.55. The molecule has 4 N–H and O–H groups in total. The molecule has 0 aliphatic heterocycles. The molecule has 0 unspecified atom stereocenters. The van der Waals surface area contributed by atoms with Crippen molar-refractivity contribution in [2.24, 2.45) is 0 Å². The van der Waals surface area contributed by atoms with E-state index in [9.17, 15) is 9.18 Å². The van der Waals surface area contributed by atoms with Crippen LogP contribution in [0.2, 0.25) is 0 Å². The van der Waals surface area contributed by atoms with E-state index in [0.29, 0.717) is 5.56 Å². The van der Waals surface area contributed by atoms with Crippen LogP contribution in [-0.4, -0.2) is 16.1 Å². The van der Waals surface area contributed by atoms with Crippen molar-refractivity contribution in [2.75, 3.05) is 11.1 Å². The first-order valence-corrected chi connectivity index (χ1v) is 5.50. The average molecular weight is 261 g/mol. The summed E-state index contributed by atoms with van der Waals surface area (Å²) in [7, 11) is 0. The minimum atomic E-state index is -1.18. The number of halogens is 1. The number of aromatic carboxylic acids is 1. The van der Waals surface area contributed by atoms with Gasteiger partial charge in [-0.1, -0.05) is 12.1 Å². The molecule has 1 aromatic carbocycles. The van der Waals surface area contributed by atoms with E-state index in [0.717, 1.165) is 0 Å². The monoisotopic (exact) mass is 261 g/mol. The average Bonchev–Trinajstić information content (AvgIpc) is 2.35. The summed E-state index contributed by atoms with van der Waals surface area (Å²) < 4.78 is 13.7. The number of nitrogens with two attached hydrogens (primary N) is 1. The van der Waals surface area contributed by atoms with E-state index >= 15 is 0 Å². The molecule has 0 amide bonds. The molecule has 1 heterocycles. The SMILES string of the molecule is Cc1cccc(F)c1Nc1ncc(N)cc1C(=O)O. The normalized spacial score (nSPS) is 10.2. The first-order chi connectivity index (χ1) is 8.99. The van der Waals surface area contributed by atoms with Crippen molar-refractivity contribution in [2.45, 2.75) is 6.92 Å². The van der Waals surface area contributed by atoms with Crippen LogP contribution in [-0.2, 0) is 0 Å². The third-order valence-electron chi connectivity index (χ3n) is 2.60. The largest absolute Gasteiger partial charge is 0.478 e. The second kappa shape index (κ2) is 4.93. The Balaban J connectivity index is 2.47. The lowest BCUT2D eigenvalue weighted by Crippen LogP contribution is -2.07. The van der Waals surface area contributed by atoms with Crippen LogP contribution in [0.5, 0.6) is 0 Å². The lowest BCUT2D eigenvalue weighted by Gasteiger charge is -2.12. The highest BCUT2D eigenvalue weighted by atomic mass is 19.1. The maximum absolute atomic E-state index is 13.7. The highest BCUT2D eigenvalue weighted by Gasteiger charge is 2.14. The van der Waals surface area contributed by atoms with Crippen LogP contribution in [0.1, 0.15) is 15.9 Å². The van der Waals surface area contributed by atoms with Crippen molar-refractivity contribution in [3.63, 3.8) is 0 Å². The summed E-state index contributed by atoms with van der Waals surface area (Å²) in [6.45, 7) is 1.71. The van der Waals surface area contributed by atoms with Crippen LogP contribution in [0.25, 0.3) is 0 Å². The number of aryl methyl sites for hydroxylation is 1. The Morgan fingerprint density at radius 1 is 1.47 bits per heavy atom. The number of benzene rings is 1. The van der Waals surface area contributed by atoms with Gasteiger partial charge in [-0.3, -0.25) is 0 Å². The number of rotatable bonds is 3. The van der Waals surface area contributed by atoms with Crippen molar-refractivity contribution in [3.05, 3.63) is 47.4 Å². The van der Waals surface area contributed by atoms with Crippen molar-refractivity contribution >= 4 is 23.2 Å². The summed E-state index contributed by atoms with van der Waals surface area (Å²) in [5.74, 6) is -1.61. The Bertz CT molecular complexity index is 624. The molecule has 1 aromatic heterocycles. The highest BCUT2D eigenvalue weighted by Crippen LogP contribution is 2.25. The van der Waals surface area contributed by atoms with Gasteiger partial charge in [-0.15, -0.1) is 0 Å². The van der Waals surface area contributed by atoms with E-state index in [4.69, 9.17) is 10.8 Å². The van der Waals surface area contributed by atoms with Gasteiger partial charge in [0.25, 0.3) is 0 Å². The molecule has 0 aliphatic rings. The number of nitrogens with one attached hydrogen (secondary N) is 1. The molecular formula is C13H12FN3O2. The fourth-order valence-electron chi connectivity index (χ4n) is 1.65. The number of carbonyl (C=O) groups is 1. The molecular weight excluding hydrogens is 249 g/mol. The molecule has 2 rings (SSSR count). The van der Waals surface area contributed by atoms with Gasteiger partial charge in [-0.2, -0.15) is 0 Å². The van der Waals surface area contributed by atoms with Gasteiger partial charge in [0.15, 0.2) is 0 Å². The number of hydrogen-bond acceptors (Lipinski definition) is 4. The van der Waals surface area contributed by atoms with E-state index in [2.05, 4.69) is 10.3 Å². The standard InChI is InChI=1S/C13H12FN3O2/c1-7-3-2-4-10(14)11(7)17-12-9(13(18)19)5-8(15)6-16-12/h2-6H,15H2,1H3,(H,16,17)(H,18,19). The van der Waals surface area contributed by atoms with Crippen LogP contribution in [0.15, 0.2) is 30.5 Å². The zero-order chi connectivity index (χ0) is 14.0. The summed E-state index contributed by atoms with van der Waals surface area (Å²) in [5, 5.41) is 11.8. The summed E-state index contributed by atoms with van der Waals surface area (Å²) in [4.78, 5) is 15.0. The predicted molar refractivity (Wildman–Crippen MR) is 70.0 cm³/mol. The van der Waals surface area contributed by atoms with E-state index in [1.807, 2.05) is 0 Å². The molecule has 0 saturated carbocycles. The Morgan fingerprint density at radius 3 is 2.84 bits per heavy atom. The van der Waals surface area contributed by atoms with Gasteiger partial charge >= 0.3 is 5.97 Å². The van der Waals surface area contributed by atoms with Crippen LogP contribution in [0.4, 0.5) is 21.6 Å². The number of pyridine rings is 1. The van der Waals surface area contributed by atoms with Gasteiger partial charge in [0.05, 0.1) is 17.6 Å². The summed E-state index contributed by atoms with van der Waals surface area (Å²) in [6, 6.07) is 5.84. The zero-order valence-corrected chi connectivity index (χ0v) is 10.1. The summed E-state index contributed by atoms with van der Waals surface area (Å²) in [6.07, 6.45) is 1.31. The number of carboxylic acids is 1. The number of aromatic nitrogens is 1. The first-order valence-electron chi connectivity index (χ1n) is 5.50. The molecule has 2 aromatic rings. The fraction of sp³-hybridized carbons (Fsp3) is 0.0769. The minimum Gasteiger partial charge on any atom is -0.478 e. The van der Waals surface area contributed by atoms with E-state index in [1.54, 1.807) is 19.1 Å².